The van der Waals surface area contributed by atoms with E-state index in [9.17, 15) is 9.59 Å². The number of piperidine rings is 1. The number of hydrogen-bond acceptors (Lipinski definition) is 3. The first-order chi connectivity index (χ1) is 12.1. The monoisotopic (exact) mass is 344 g/mol. The maximum Gasteiger partial charge on any atom is 0.321 e. The fraction of sp³-hybridized carbons (Fsp3) is 0.579. The summed E-state index contributed by atoms with van der Waals surface area (Å²) in [5.41, 5.74) is 1.48. The van der Waals surface area contributed by atoms with Gasteiger partial charge >= 0.3 is 6.03 Å². The molecule has 0 bridgehead atoms. The Bertz CT molecular complexity index is 596. The van der Waals surface area contributed by atoms with Gasteiger partial charge in [0.05, 0.1) is 0 Å². The zero-order valence-electron chi connectivity index (χ0n) is 15.0. The van der Waals surface area contributed by atoms with Crippen LogP contribution in [0, 0.1) is 5.92 Å². The molecular formula is C19H28N4O2. The summed E-state index contributed by atoms with van der Waals surface area (Å²) in [6.45, 7) is 6.69. The number of likely N-dealkylation sites (tertiary alicyclic amines) is 2. The Balaban J connectivity index is 1.46. The Morgan fingerprint density at radius 3 is 2.28 bits per heavy atom. The fourth-order valence-corrected chi connectivity index (χ4v) is 3.72. The number of amides is 3. The van der Waals surface area contributed by atoms with E-state index in [1.807, 2.05) is 17.0 Å². The molecule has 0 saturated carbocycles. The highest BCUT2D eigenvalue weighted by molar-refractivity contribution is 5.91. The van der Waals surface area contributed by atoms with Crippen LogP contribution in [-0.2, 0) is 4.79 Å². The molecule has 1 aromatic rings. The summed E-state index contributed by atoms with van der Waals surface area (Å²) in [6.07, 6.45) is 5.07. The first kappa shape index (κ1) is 17.7. The van der Waals surface area contributed by atoms with Crippen LogP contribution >= 0.6 is 0 Å². The lowest BCUT2D eigenvalue weighted by atomic mass is 10.1. The molecule has 6 nitrogen and oxygen atoms in total. The van der Waals surface area contributed by atoms with Crippen LogP contribution in [-0.4, -0.2) is 54.5 Å². The average Bonchev–Trinajstić information content (AvgIpc) is 3.06. The van der Waals surface area contributed by atoms with Crippen LogP contribution in [0.3, 0.4) is 0 Å². The Labute approximate surface area is 149 Å². The van der Waals surface area contributed by atoms with E-state index in [1.54, 1.807) is 12.1 Å². The van der Waals surface area contributed by atoms with E-state index in [4.69, 9.17) is 0 Å². The molecule has 2 saturated heterocycles. The van der Waals surface area contributed by atoms with Crippen molar-refractivity contribution in [1.82, 2.24) is 9.80 Å². The Morgan fingerprint density at radius 2 is 1.64 bits per heavy atom. The smallest absolute Gasteiger partial charge is 0.321 e. The van der Waals surface area contributed by atoms with Crippen molar-refractivity contribution in [2.24, 2.45) is 5.92 Å². The number of benzene rings is 1. The van der Waals surface area contributed by atoms with E-state index >= 15 is 0 Å². The maximum atomic E-state index is 12.4. The van der Waals surface area contributed by atoms with Crippen LogP contribution in [0.4, 0.5) is 16.2 Å². The average molecular weight is 344 g/mol. The van der Waals surface area contributed by atoms with Gasteiger partial charge < -0.3 is 20.4 Å². The highest BCUT2D eigenvalue weighted by atomic mass is 16.2. The largest absolute Gasteiger partial charge is 0.326 e. The van der Waals surface area contributed by atoms with Gasteiger partial charge in [-0.25, -0.2) is 4.79 Å². The van der Waals surface area contributed by atoms with Crippen molar-refractivity contribution in [3.05, 3.63) is 24.3 Å². The minimum atomic E-state index is -0.103. The summed E-state index contributed by atoms with van der Waals surface area (Å²) in [5, 5.41) is 5.67. The summed E-state index contributed by atoms with van der Waals surface area (Å²) in [4.78, 5) is 27.9. The molecule has 0 aromatic heterocycles. The SMILES string of the molecule is CC(=O)Nc1ccc(NC(=O)N2CC[C@@H](CN3CCCCC3)C2)cc1. The molecule has 1 aromatic carbocycles. The van der Waals surface area contributed by atoms with E-state index in [1.165, 1.54) is 39.3 Å². The van der Waals surface area contributed by atoms with Crippen molar-refractivity contribution in [3.8, 4) is 0 Å². The molecule has 2 N–H and O–H groups in total. The number of nitrogens with one attached hydrogen (secondary N) is 2. The van der Waals surface area contributed by atoms with Gasteiger partial charge in [0, 0.05) is 37.9 Å². The standard InChI is InChI=1S/C19H28N4O2/c1-15(24)20-17-5-7-18(8-6-17)21-19(25)23-12-9-16(14-23)13-22-10-3-2-4-11-22/h5-8,16H,2-4,9-14H2,1H3,(H,20,24)(H,21,25)/t16-/m0/s1. The molecule has 0 spiro atoms. The van der Waals surface area contributed by atoms with Gasteiger partial charge in [0.2, 0.25) is 5.91 Å². The molecule has 3 rings (SSSR count). The predicted molar refractivity (Wildman–Crippen MR) is 99.7 cm³/mol. The first-order valence-electron chi connectivity index (χ1n) is 9.26. The lowest BCUT2D eigenvalue weighted by molar-refractivity contribution is -0.114. The second-order valence-electron chi connectivity index (χ2n) is 7.15. The minimum Gasteiger partial charge on any atom is -0.326 e. The van der Waals surface area contributed by atoms with Crippen LogP contribution < -0.4 is 10.6 Å². The molecule has 136 valence electrons. The van der Waals surface area contributed by atoms with Crippen LogP contribution in [0.25, 0.3) is 0 Å². The van der Waals surface area contributed by atoms with E-state index in [0.29, 0.717) is 5.92 Å². The summed E-state index contributed by atoms with van der Waals surface area (Å²) in [5.74, 6) is 0.486. The molecule has 6 heteroatoms. The number of urea groups is 1. The lowest BCUT2D eigenvalue weighted by Crippen LogP contribution is -2.37. The number of anilines is 2. The highest BCUT2D eigenvalue weighted by Crippen LogP contribution is 2.21. The molecule has 25 heavy (non-hydrogen) atoms. The Morgan fingerprint density at radius 1 is 1.00 bits per heavy atom. The van der Waals surface area contributed by atoms with Gasteiger partial charge in [-0.3, -0.25) is 4.79 Å². The molecule has 2 aliphatic rings. The summed E-state index contributed by atoms with van der Waals surface area (Å²) in [6, 6.07) is 7.17. The van der Waals surface area contributed by atoms with Crippen molar-refractivity contribution in [2.45, 2.75) is 32.6 Å². The summed E-state index contributed by atoms with van der Waals surface area (Å²) in [7, 11) is 0. The molecule has 0 unspecified atom stereocenters. The first-order valence-corrected chi connectivity index (χ1v) is 9.26. The minimum absolute atomic E-state index is 0.0339. The van der Waals surface area contributed by atoms with Gasteiger partial charge in [0.15, 0.2) is 0 Å². The van der Waals surface area contributed by atoms with Gasteiger partial charge in [-0.1, -0.05) is 6.42 Å². The summed E-state index contributed by atoms with van der Waals surface area (Å²) >= 11 is 0. The molecular weight excluding hydrogens is 316 g/mol. The molecule has 2 aliphatic heterocycles. The zero-order valence-corrected chi connectivity index (χ0v) is 15.0. The van der Waals surface area contributed by atoms with Gasteiger partial charge in [0.25, 0.3) is 0 Å². The molecule has 1 atom stereocenters. The second-order valence-corrected chi connectivity index (χ2v) is 7.15. The van der Waals surface area contributed by atoms with E-state index in [-0.39, 0.29) is 11.9 Å². The van der Waals surface area contributed by atoms with E-state index in [2.05, 4.69) is 15.5 Å². The molecule has 0 radical (unpaired) electrons. The summed E-state index contributed by atoms with van der Waals surface area (Å²) < 4.78 is 0. The third-order valence-corrected chi connectivity index (χ3v) is 4.99. The number of nitrogens with zero attached hydrogens (tertiary/aromatic N) is 2. The quantitative estimate of drug-likeness (QED) is 0.882. The van der Waals surface area contributed by atoms with Crippen LogP contribution in [0.5, 0.6) is 0 Å². The topological polar surface area (TPSA) is 64.7 Å². The van der Waals surface area contributed by atoms with Crippen molar-refractivity contribution in [3.63, 3.8) is 0 Å². The lowest BCUT2D eigenvalue weighted by Gasteiger charge is -2.29. The number of carbonyl (C=O) groups is 2. The predicted octanol–water partition coefficient (Wildman–Crippen LogP) is 2.98. The third kappa shape index (κ3) is 5.19. The van der Waals surface area contributed by atoms with Gasteiger partial charge in [-0.2, -0.15) is 0 Å². The molecule has 2 heterocycles. The molecule has 3 amide bonds. The van der Waals surface area contributed by atoms with E-state index < -0.39 is 0 Å². The van der Waals surface area contributed by atoms with Crippen molar-refractivity contribution in [2.75, 3.05) is 43.4 Å². The van der Waals surface area contributed by atoms with Crippen LogP contribution in [0.15, 0.2) is 24.3 Å². The number of hydrogen-bond donors (Lipinski definition) is 2. The van der Waals surface area contributed by atoms with Gasteiger partial charge in [-0.15, -0.1) is 0 Å². The Hall–Kier alpha value is -2.08. The van der Waals surface area contributed by atoms with Crippen LogP contribution in [0.1, 0.15) is 32.6 Å². The van der Waals surface area contributed by atoms with Crippen LogP contribution in [0.2, 0.25) is 0 Å². The number of rotatable bonds is 4. The fourth-order valence-electron chi connectivity index (χ4n) is 3.72. The van der Waals surface area contributed by atoms with Crippen molar-refractivity contribution < 1.29 is 9.59 Å². The Kier molecular flexibility index (Phi) is 5.91. The normalized spacial score (nSPS) is 21.2. The third-order valence-electron chi connectivity index (χ3n) is 4.99. The number of carbonyl (C=O) groups excluding carboxylic acids is 2. The zero-order chi connectivity index (χ0) is 17.6. The molecule has 2 fully saturated rings. The maximum absolute atomic E-state index is 12.4. The van der Waals surface area contributed by atoms with Gasteiger partial charge in [-0.05, 0) is 62.5 Å². The molecule has 0 aliphatic carbocycles. The highest BCUT2D eigenvalue weighted by Gasteiger charge is 2.28. The van der Waals surface area contributed by atoms with E-state index in [0.717, 1.165) is 37.4 Å². The second kappa shape index (κ2) is 8.34. The van der Waals surface area contributed by atoms with Crippen molar-refractivity contribution in [1.29, 1.82) is 0 Å². The van der Waals surface area contributed by atoms with Crippen molar-refractivity contribution >= 4 is 23.3 Å². The van der Waals surface area contributed by atoms with Gasteiger partial charge in [0.1, 0.15) is 0 Å².